The summed E-state index contributed by atoms with van der Waals surface area (Å²) in [5.74, 6) is 0.626. The normalized spacial score (nSPS) is 10.4. The molecule has 0 heterocycles. The summed E-state index contributed by atoms with van der Waals surface area (Å²) in [5.41, 5.74) is 0.572. The Kier molecular flexibility index (Phi) is 8.11. The highest BCUT2D eigenvalue weighted by molar-refractivity contribution is 14.1. The zero-order chi connectivity index (χ0) is 13.4. The molecule has 0 spiro atoms. The molecule has 0 fully saturated rings. The molecule has 6 heteroatoms. The third kappa shape index (κ3) is 5.37. The lowest BCUT2D eigenvalue weighted by Crippen LogP contribution is -2.11. The maximum absolute atomic E-state index is 11.0. The molecular formula is C12H14I2O4. The Hall–Kier alpha value is 0.0700. The van der Waals surface area contributed by atoms with Gasteiger partial charge in [0, 0.05) is 10.7 Å². The van der Waals surface area contributed by atoms with E-state index in [1.165, 1.54) is 0 Å². The lowest BCUT2D eigenvalue weighted by molar-refractivity contribution is 0.0541. The van der Waals surface area contributed by atoms with Crippen LogP contribution in [0.1, 0.15) is 10.4 Å². The van der Waals surface area contributed by atoms with Crippen LogP contribution in [0.15, 0.2) is 12.1 Å². The molecule has 0 aromatic heterocycles. The number of rotatable bonds is 8. The predicted molar refractivity (Wildman–Crippen MR) is 85.5 cm³/mol. The van der Waals surface area contributed by atoms with Crippen LogP contribution in [-0.4, -0.2) is 39.8 Å². The molecular weight excluding hydrogens is 462 g/mol. The van der Waals surface area contributed by atoms with E-state index in [0.717, 1.165) is 13.4 Å². The van der Waals surface area contributed by atoms with Crippen LogP contribution in [0.2, 0.25) is 0 Å². The minimum Gasteiger partial charge on any atom is -0.489 e. The van der Waals surface area contributed by atoms with Gasteiger partial charge in [-0.1, -0.05) is 0 Å². The second-order valence-electron chi connectivity index (χ2n) is 3.38. The summed E-state index contributed by atoms with van der Waals surface area (Å²) in [6.45, 7) is 2.01. The second kappa shape index (κ2) is 9.05. The average molecular weight is 476 g/mol. The van der Waals surface area contributed by atoms with Crippen LogP contribution < -0.4 is 4.74 Å². The van der Waals surface area contributed by atoms with Gasteiger partial charge in [0.2, 0.25) is 0 Å². The maximum atomic E-state index is 11.0. The van der Waals surface area contributed by atoms with E-state index < -0.39 is 0 Å². The molecule has 0 unspecified atom stereocenters. The largest absolute Gasteiger partial charge is 0.489 e. The van der Waals surface area contributed by atoms with Crippen molar-refractivity contribution >= 4 is 51.5 Å². The van der Waals surface area contributed by atoms with Gasteiger partial charge in [-0.3, -0.25) is 4.79 Å². The first-order valence-corrected chi connectivity index (χ1v) is 7.48. The summed E-state index contributed by atoms with van der Waals surface area (Å²) >= 11 is 4.33. The summed E-state index contributed by atoms with van der Waals surface area (Å²) in [7, 11) is 1.63. The minimum atomic E-state index is 0.418. The third-order valence-corrected chi connectivity index (χ3v) is 3.49. The first-order valence-electron chi connectivity index (χ1n) is 5.32. The summed E-state index contributed by atoms with van der Waals surface area (Å²) < 4.78 is 17.7. The molecule has 4 nitrogen and oxygen atoms in total. The highest BCUT2D eigenvalue weighted by atomic mass is 127. The van der Waals surface area contributed by atoms with Crippen molar-refractivity contribution in [1.82, 2.24) is 0 Å². The van der Waals surface area contributed by atoms with Crippen LogP contribution in [0.4, 0.5) is 0 Å². The van der Waals surface area contributed by atoms with Crippen molar-refractivity contribution in [2.45, 2.75) is 0 Å². The Bertz CT molecular complexity index is 396. The number of ether oxygens (including phenoxy) is 3. The fourth-order valence-corrected chi connectivity index (χ4v) is 3.31. The molecule has 100 valence electrons. The Balaban J connectivity index is 2.49. The highest BCUT2D eigenvalue weighted by Gasteiger charge is 2.09. The van der Waals surface area contributed by atoms with Crippen LogP contribution in [-0.2, 0) is 9.47 Å². The molecule has 0 saturated heterocycles. The van der Waals surface area contributed by atoms with E-state index in [-0.39, 0.29) is 0 Å². The van der Waals surface area contributed by atoms with Gasteiger partial charge < -0.3 is 14.2 Å². The zero-order valence-electron chi connectivity index (χ0n) is 9.95. The van der Waals surface area contributed by atoms with Gasteiger partial charge in [-0.2, -0.15) is 0 Å². The third-order valence-electron chi connectivity index (χ3n) is 2.07. The molecule has 0 aliphatic rings. The molecule has 0 aliphatic heterocycles. The molecule has 0 bridgehead atoms. The number of benzene rings is 1. The van der Waals surface area contributed by atoms with Gasteiger partial charge in [-0.15, -0.1) is 0 Å². The number of hydrogen-bond donors (Lipinski definition) is 0. The van der Waals surface area contributed by atoms with Gasteiger partial charge in [0.1, 0.15) is 12.4 Å². The van der Waals surface area contributed by atoms with Crippen molar-refractivity contribution in [3.8, 4) is 5.75 Å². The monoisotopic (exact) mass is 476 g/mol. The van der Waals surface area contributed by atoms with Gasteiger partial charge in [-0.05, 0) is 57.3 Å². The van der Waals surface area contributed by atoms with E-state index in [1.807, 2.05) is 6.07 Å². The summed E-state index contributed by atoms with van der Waals surface area (Å²) in [6.07, 6.45) is 0.811. The van der Waals surface area contributed by atoms with Crippen LogP contribution in [0, 0.1) is 7.14 Å². The minimum absolute atomic E-state index is 0.418. The molecule has 0 aliphatic carbocycles. The van der Waals surface area contributed by atoms with Gasteiger partial charge in [0.05, 0.1) is 29.0 Å². The molecule has 0 amide bonds. The molecule has 1 aromatic rings. The van der Waals surface area contributed by atoms with Crippen molar-refractivity contribution in [2.24, 2.45) is 0 Å². The summed E-state index contributed by atoms with van der Waals surface area (Å²) in [5, 5.41) is 0. The number of carbonyl (C=O) groups is 1. The first kappa shape index (κ1) is 16.1. The van der Waals surface area contributed by atoms with E-state index >= 15 is 0 Å². The Morgan fingerprint density at radius 2 is 1.89 bits per heavy atom. The topological polar surface area (TPSA) is 44.8 Å². The first-order chi connectivity index (χ1) is 8.69. The van der Waals surface area contributed by atoms with Crippen LogP contribution >= 0.6 is 45.2 Å². The number of halogens is 2. The van der Waals surface area contributed by atoms with E-state index in [1.54, 1.807) is 13.2 Å². The average Bonchev–Trinajstić information content (AvgIpc) is 2.35. The predicted octanol–water partition coefficient (Wildman–Crippen LogP) is 2.75. The van der Waals surface area contributed by atoms with E-state index in [2.05, 4.69) is 45.2 Å². The molecule has 0 atom stereocenters. The standard InChI is InChI=1S/C12H14I2O4/c1-16-2-3-17-4-5-18-12-9(8-15)6-10(13)7-11(12)14/h6-8H,2-5H2,1H3. The fraction of sp³-hybridized carbons (Fsp3) is 0.417. The van der Waals surface area contributed by atoms with E-state index in [0.29, 0.717) is 37.7 Å². The smallest absolute Gasteiger partial charge is 0.153 e. The summed E-state index contributed by atoms with van der Waals surface area (Å²) in [4.78, 5) is 11.0. The van der Waals surface area contributed by atoms with Crippen molar-refractivity contribution in [2.75, 3.05) is 33.5 Å². The van der Waals surface area contributed by atoms with Crippen molar-refractivity contribution < 1.29 is 19.0 Å². The van der Waals surface area contributed by atoms with E-state index in [4.69, 9.17) is 14.2 Å². The lowest BCUT2D eigenvalue weighted by Gasteiger charge is -2.11. The second-order valence-corrected chi connectivity index (χ2v) is 5.79. The van der Waals surface area contributed by atoms with Crippen molar-refractivity contribution in [1.29, 1.82) is 0 Å². The highest BCUT2D eigenvalue weighted by Crippen LogP contribution is 2.27. The van der Waals surface area contributed by atoms with Crippen molar-refractivity contribution in [3.63, 3.8) is 0 Å². The van der Waals surface area contributed by atoms with Gasteiger partial charge in [0.15, 0.2) is 6.29 Å². The molecule has 18 heavy (non-hydrogen) atoms. The molecule has 0 saturated carbocycles. The van der Waals surface area contributed by atoms with Gasteiger partial charge in [0.25, 0.3) is 0 Å². The van der Waals surface area contributed by atoms with Crippen LogP contribution in [0.25, 0.3) is 0 Å². The number of methoxy groups -OCH3 is 1. The molecule has 0 radical (unpaired) electrons. The lowest BCUT2D eigenvalue weighted by atomic mass is 10.2. The maximum Gasteiger partial charge on any atom is 0.153 e. The zero-order valence-corrected chi connectivity index (χ0v) is 14.3. The number of hydrogen-bond acceptors (Lipinski definition) is 4. The fourth-order valence-electron chi connectivity index (χ4n) is 1.27. The number of carbonyl (C=O) groups excluding carboxylic acids is 1. The van der Waals surface area contributed by atoms with Crippen LogP contribution in [0.3, 0.4) is 0 Å². The molecule has 1 aromatic carbocycles. The quantitative estimate of drug-likeness (QED) is 0.329. The molecule has 0 N–H and O–H groups in total. The number of aldehydes is 1. The van der Waals surface area contributed by atoms with Gasteiger partial charge >= 0.3 is 0 Å². The SMILES string of the molecule is COCCOCCOc1c(I)cc(I)cc1C=O. The van der Waals surface area contributed by atoms with Crippen molar-refractivity contribution in [3.05, 3.63) is 24.8 Å². The Labute approximate surface area is 134 Å². The summed E-state index contributed by atoms with van der Waals surface area (Å²) in [6, 6.07) is 3.77. The Morgan fingerprint density at radius 3 is 2.56 bits per heavy atom. The van der Waals surface area contributed by atoms with Gasteiger partial charge in [-0.25, -0.2) is 0 Å². The molecule has 1 rings (SSSR count). The van der Waals surface area contributed by atoms with E-state index in [9.17, 15) is 4.79 Å². The Morgan fingerprint density at radius 1 is 1.17 bits per heavy atom. The van der Waals surface area contributed by atoms with Crippen LogP contribution in [0.5, 0.6) is 5.75 Å².